The van der Waals surface area contributed by atoms with Crippen molar-refractivity contribution in [3.63, 3.8) is 0 Å². The molecule has 9 nitrogen and oxygen atoms in total. The second-order valence-corrected chi connectivity index (χ2v) is 7.70. The molecule has 0 radical (unpaired) electrons. The first-order chi connectivity index (χ1) is 14.0. The number of hydrogen-bond acceptors (Lipinski definition) is 7. The van der Waals surface area contributed by atoms with Gasteiger partial charge in [0.2, 0.25) is 0 Å². The van der Waals surface area contributed by atoms with Crippen LogP contribution >= 0.6 is 11.3 Å². The first-order valence-electron chi connectivity index (χ1n) is 8.93. The molecule has 148 valence electrons. The van der Waals surface area contributed by atoms with E-state index in [0.29, 0.717) is 35.7 Å². The summed E-state index contributed by atoms with van der Waals surface area (Å²) in [6.07, 6.45) is 3.57. The number of hydrogen-bond donors (Lipinski definition) is 3. The van der Waals surface area contributed by atoms with Gasteiger partial charge >= 0.3 is 0 Å². The molecule has 4 rings (SSSR count). The maximum absolute atomic E-state index is 12.8. The van der Waals surface area contributed by atoms with Crippen LogP contribution in [0.1, 0.15) is 32.4 Å². The number of aromatic nitrogens is 5. The molecule has 4 heterocycles. The Kier molecular flexibility index (Phi) is 4.85. The molecule has 4 aromatic heterocycles. The zero-order valence-electron chi connectivity index (χ0n) is 16.0. The Balaban J connectivity index is 1.61. The molecule has 0 bridgehead atoms. The Morgan fingerprint density at radius 1 is 1.28 bits per heavy atom. The van der Waals surface area contributed by atoms with Crippen LogP contribution in [0.5, 0.6) is 0 Å². The van der Waals surface area contributed by atoms with E-state index in [-0.39, 0.29) is 5.91 Å². The number of nitrogens with two attached hydrogens (primary N) is 1. The third kappa shape index (κ3) is 3.61. The maximum Gasteiger partial charge on any atom is 0.269 e. The van der Waals surface area contributed by atoms with Crippen molar-refractivity contribution in [1.82, 2.24) is 29.6 Å². The zero-order valence-corrected chi connectivity index (χ0v) is 16.8. The quantitative estimate of drug-likeness (QED) is 0.420. The number of amides is 1. The molecule has 0 aliphatic rings. The fourth-order valence-electron chi connectivity index (χ4n) is 3.20. The van der Waals surface area contributed by atoms with Crippen LogP contribution in [0.3, 0.4) is 0 Å². The number of pyridine rings is 1. The van der Waals surface area contributed by atoms with Gasteiger partial charge in [-0.05, 0) is 18.2 Å². The smallest absolute Gasteiger partial charge is 0.269 e. The van der Waals surface area contributed by atoms with Gasteiger partial charge in [-0.25, -0.2) is 9.97 Å². The van der Waals surface area contributed by atoms with E-state index in [9.17, 15) is 4.79 Å². The summed E-state index contributed by atoms with van der Waals surface area (Å²) in [6, 6.07) is 7.35. The van der Waals surface area contributed by atoms with Crippen LogP contribution in [0.2, 0.25) is 0 Å². The number of nitrogen functional groups attached to an aromatic ring is 1. The average molecular weight is 408 g/mol. The van der Waals surface area contributed by atoms with Gasteiger partial charge in [0.25, 0.3) is 5.91 Å². The van der Waals surface area contributed by atoms with Crippen molar-refractivity contribution in [2.24, 2.45) is 14.1 Å². The Bertz CT molecular complexity index is 1220. The van der Waals surface area contributed by atoms with E-state index in [0.717, 1.165) is 21.1 Å². The van der Waals surface area contributed by atoms with E-state index in [1.54, 1.807) is 22.4 Å². The predicted molar refractivity (Wildman–Crippen MR) is 112 cm³/mol. The van der Waals surface area contributed by atoms with E-state index in [1.165, 1.54) is 17.6 Å². The first kappa shape index (κ1) is 18.8. The fourth-order valence-corrected chi connectivity index (χ4v) is 4.33. The van der Waals surface area contributed by atoms with E-state index >= 15 is 0 Å². The lowest BCUT2D eigenvalue weighted by atomic mass is 10.2. The van der Waals surface area contributed by atoms with Crippen LogP contribution in [-0.2, 0) is 27.1 Å². The van der Waals surface area contributed by atoms with Crippen molar-refractivity contribution >= 4 is 39.6 Å². The summed E-state index contributed by atoms with van der Waals surface area (Å²) < 4.78 is 4.23. The van der Waals surface area contributed by atoms with Crippen LogP contribution < -0.4 is 11.1 Å². The normalized spacial score (nSPS) is 11.1. The summed E-state index contributed by atoms with van der Waals surface area (Å²) in [4.78, 5) is 21.8. The number of fused-ring (bicyclic) bond motifs is 1. The van der Waals surface area contributed by atoms with Gasteiger partial charge in [-0.1, -0.05) is 6.07 Å². The van der Waals surface area contributed by atoms with Crippen molar-refractivity contribution in [1.29, 1.82) is 5.41 Å². The van der Waals surface area contributed by atoms with Crippen LogP contribution in [0, 0.1) is 5.41 Å². The van der Waals surface area contributed by atoms with Crippen LogP contribution in [0.4, 0.5) is 5.82 Å². The molecule has 0 aliphatic heterocycles. The Hall–Kier alpha value is -3.53. The molecule has 0 atom stereocenters. The molecule has 0 aromatic carbocycles. The van der Waals surface area contributed by atoms with Gasteiger partial charge in [0.1, 0.15) is 16.5 Å². The van der Waals surface area contributed by atoms with Crippen LogP contribution in [-0.4, -0.2) is 36.4 Å². The SMILES string of the molecule is Cn1ccc(CNC(=O)c2c(C=N)c3sc(Cc4cccc(N)n4)nc3n2C)n1. The summed E-state index contributed by atoms with van der Waals surface area (Å²) in [5.74, 6) is 0.205. The van der Waals surface area contributed by atoms with Gasteiger partial charge in [-0.15, -0.1) is 11.3 Å². The molecule has 0 spiro atoms. The lowest BCUT2D eigenvalue weighted by Gasteiger charge is -2.06. The van der Waals surface area contributed by atoms with Gasteiger partial charge < -0.3 is 21.0 Å². The van der Waals surface area contributed by atoms with Crippen molar-refractivity contribution in [2.75, 3.05) is 5.73 Å². The lowest BCUT2D eigenvalue weighted by molar-refractivity contribution is 0.0942. The number of nitrogens with one attached hydrogen (secondary N) is 2. The number of nitrogens with zero attached hydrogens (tertiary/aromatic N) is 5. The lowest BCUT2D eigenvalue weighted by Crippen LogP contribution is -2.26. The summed E-state index contributed by atoms with van der Waals surface area (Å²) in [6.45, 7) is 0.315. The molecule has 0 saturated heterocycles. The Morgan fingerprint density at radius 2 is 2.10 bits per heavy atom. The minimum atomic E-state index is -0.263. The average Bonchev–Trinajstić information content (AvgIpc) is 3.35. The number of anilines is 1. The molecule has 0 unspecified atom stereocenters. The third-order valence-corrected chi connectivity index (χ3v) is 5.60. The van der Waals surface area contributed by atoms with E-state index in [2.05, 4.69) is 20.4 Å². The van der Waals surface area contributed by atoms with Crippen molar-refractivity contribution in [3.05, 3.63) is 58.1 Å². The summed E-state index contributed by atoms with van der Waals surface area (Å²) in [5.41, 5.74) is 9.00. The predicted octanol–water partition coefficient (Wildman–Crippen LogP) is 1.86. The molecule has 4 aromatic rings. The highest BCUT2D eigenvalue weighted by Gasteiger charge is 2.23. The highest BCUT2D eigenvalue weighted by Crippen LogP contribution is 2.30. The standard InChI is InChI=1S/C19H20N8OS/c1-26-7-6-12(25-26)10-22-19(28)16-13(9-20)17-18(27(16)2)24-15(29-17)8-11-4-3-5-14(21)23-11/h3-7,9,20H,8,10H2,1-2H3,(H2,21,23)(H,22,28). The highest BCUT2D eigenvalue weighted by atomic mass is 32.1. The van der Waals surface area contributed by atoms with Gasteiger partial charge in [0.15, 0.2) is 5.65 Å². The number of carbonyl (C=O) groups is 1. The number of aryl methyl sites for hydroxylation is 2. The minimum absolute atomic E-state index is 0.263. The van der Waals surface area contributed by atoms with E-state index in [4.69, 9.17) is 11.1 Å². The van der Waals surface area contributed by atoms with Crippen molar-refractivity contribution in [2.45, 2.75) is 13.0 Å². The molecular weight excluding hydrogens is 388 g/mol. The second-order valence-electron chi connectivity index (χ2n) is 6.62. The fraction of sp³-hybridized carbons (Fsp3) is 0.211. The van der Waals surface area contributed by atoms with Gasteiger partial charge in [0, 0.05) is 44.2 Å². The first-order valence-corrected chi connectivity index (χ1v) is 9.74. The largest absolute Gasteiger partial charge is 0.384 e. The summed E-state index contributed by atoms with van der Waals surface area (Å²) >= 11 is 1.46. The van der Waals surface area contributed by atoms with Gasteiger partial charge in [-0.2, -0.15) is 5.10 Å². The second kappa shape index (κ2) is 7.47. The van der Waals surface area contributed by atoms with Crippen LogP contribution in [0.25, 0.3) is 10.3 Å². The Morgan fingerprint density at radius 3 is 2.79 bits per heavy atom. The summed E-state index contributed by atoms with van der Waals surface area (Å²) in [5, 5.41) is 15.8. The molecule has 4 N–H and O–H groups in total. The van der Waals surface area contributed by atoms with Crippen molar-refractivity contribution in [3.8, 4) is 0 Å². The molecule has 10 heteroatoms. The van der Waals surface area contributed by atoms with Gasteiger partial charge in [-0.3, -0.25) is 9.48 Å². The monoisotopic (exact) mass is 408 g/mol. The minimum Gasteiger partial charge on any atom is -0.384 e. The molecule has 0 aliphatic carbocycles. The van der Waals surface area contributed by atoms with Gasteiger partial charge in [0.05, 0.1) is 16.9 Å². The molecule has 29 heavy (non-hydrogen) atoms. The topological polar surface area (TPSA) is 128 Å². The number of thiazole rings is 1. The number of rotatable bonds is 6. The Labute approximate surface area is 170 Å². The van der Waals surface area contributed by atoms with E-state index < -0.39 is 0 Å². The zero-order chi connectivity index (χ0) is 20.5. The number of carbonyl (C=O) groups excluding carboxylic acids is 1. The molecule has 0 saturated carbocycles. The molecular formula is C19H20N8OS. The highest BCUT2D eigenvalue weighted by molar-refractivity contribution is 7.19. The molecule has 1 amide bonds. The third-order valence-electron chi connectivity index (χ3n) is 4.53. The van der Waals surface area contributed by atoms with Crippen molar-refractivity contribution < 1.29 is 4.79 Å². The summed E-state index contributed by atoms with van der Waals surface area (Å²) in [7, 11) is 3.61. The van der Waals surface area contributed by atoms with Crippen LogP contribution in [0.15, 0.2) is 30.5 Å². The molecule has 0 fully saturated rings. The van der Waals surface area contributed by atoms with E-state index in [1.807, 2.05) is 31.4 Å². The maximum atomic E-state index is 12.8.